The van der Waals surface area contributed by atoms with Gasteiger partial charge in [0.2, 0.25) is 0 Å². The largest absolute Gasteiger partial charge is 0.362 e. The van der Waals surface area contributed by atoms with E-state index in [1.54, 1.807) is 0 Å². The van der Waals surface area contributed by atoms with Crippen LogP contribution >= 0.6 is 47.8 Å². The number of aryl methyl sites for hydroxylation is 3. The van der Waals surface area contributed by atoms with Gasteiger partial charge in [-0.2, -0.15) is 0 Å². The molecule has 0 fully saturated rings. The van der Waals surface area contributed by atoms with Crippen molar-refractivity contribution in [3.63, 3.8) is 0 Å². The average Bonchev–Trinajstić information content (AvgIpc) is 2.49. The third kappa shape index (κ3) is 5.33. The smallest absolute Gasteiger partial charge is 0.252 e. The van der Waals surface area contributed by atoms with E-state index in [0.717, 1.165) is 22.4 Å². The summed E-state index contributed by atoms with van der Waals surface area (Å²) < 4.78 is -0.691. The number of carbonyl (C=O) groups is 1. The normalized spacial score (nSPS) is 12.6. The van der Waals surface area contributed by atoms with Gasteiger partial charge in [0.15, 0.2) is 2.14 Å². The molecule has 0 aliphatic carbocycles. The van der Waals surface area contributed by atoms with Crippen molar-refractivity contribution in [1.82, 2.24) is 5.32 Å². The van der Waals surface area contributed by atoms with E-state index in [0.29, 0.717) is 5.56 Å². The number of hydrogen-bond acceptors (Lipinski definition) is 2. The molecule has 0 aromatic heterocycles. The Morgan fingerprint density at radius 2 is 1.54 bits per heavy atom. The third-order valence-electron chi connectivity index (χ3n) is 3.61. The molecule has 0 bridgehead atoms. The SMILES string of the molecule is Cc1ccc(C(=O)N[C@H](Nc2cc(C)ccc2C)C(Br)(Br)Br)cc1. The second kappa shape index (κ2) is 8.02. The Kier molecular flexibility index (Phi) is 6.51. The van der Waals surface area contributed by atoms with E-state index in [1.807, 2.05) is 45.0 Å². The van der Waals surface area contributed by atoms with E-state index in [2.05, 4.69) is 76.6 Å². The fourth-order valence-corrected chi connectivity index (χ4v) is 2.85. The van der Waals surface area contributed by atoms with E-state index in [9.17, 15) is 4.79 Å². The first-order valence-electron chi connectivity index (χ1n) is 7.45. The lowest BCUT2D eigenvalue weighted by atomic mass is 10.1. The van der Waals surface area contributed by atoms with Gasteiger partial charge in [-0.1, -0.05) is 77.6 Å². The number of hydrogen-bond donors (Lipinski definition) is 2. The molecule has 24 heavy (non-hydrogen) atoms. The maximum absolute atomic E-state index is 12.5. The Morgan fingerprint density at radius 1 is 0.958 bits per heavy atom. The Hall–Kier alpha value is -0.850. The third-order valence-corrected chi connectivity index (χ3v) is 4.98. The quantitative estimate of drug-likeness (QED) is 0.407. The molecule has 1 amide bonds. The minimum absolute atomic E-state index is 0.152. The van der Waals surface area contributed by atoms with E-state index in [4.69, 9.17) is 0 Å². The van der Waals surface area contributed by atoms with Crippen molar-refractivity contribution in [1.29, 1.82) is 0 Å². The molecule has 0 radical (unpaired) electrons. The minimum Gasteiger partial charge on any atom is -0.362 e. The minimum atomic E-state index is -0.691. The van der Waals surface area contributed by atoms with Gasteiger partial charge in [0.05, 0.1) is 0 Å². The van der Waals surface area contributed by atoms with E-state index in [-0.39, 0.29) is 5.91 Å². The highest BCUT2D eigenvalue weighted by atomic mass is 80.0. The number of nitrogens with one attached hydrogen (secondary N) is 2. The first kappa shape index (κ1) is 19.5. The van der Waals surface area contributed by atoms with Crippen LogP contribution in [-0.2, 0) is 0 Å². The summed E-state index contributed by atoms with van der Waals surface area (Å²) in [5.41, 5.74) is 4.95. The van der Waals surface area contributed by atoms with E-state index >= 15 is 0 Å². The van der Waals surface area contributed by atoms with Crippen molar-refractivity contribution < 1.29 is 4.79 Å². The molecule has 6 heteroatoms. The van der Waals surface area contributed by atoms with Crippen LogP contribution in [0.4, 0.5) is 5.69 Å². The van der Waals surface area contributed by atoms with Crippen LogP contribution in [0.1, 0.15) is 27.0 Å². The van der Waals surface area contributed by atoms with E-state index < -0.39 is 8.31 Å². The zero-order valence-electron chi connectivity index (χ0n) is 13.7. The Balaban J connectivity index is 2.21. The second-order valence-electron chi connectivity index (χ2n) is 5.78. The van der Waals surface area contributed by atoms with Gasteiger partial charge in [0.25, 0.3) is 5.91 Å². The molecule has 2 N–H and O–H groups in total. The number of benzene rings is 2. The number of rotatable bonds is 4. The maximum atomic E-state index is 12.5. The summed E-state index contributed by atoms with van der Waals surface area (Å²) in [6, 6.07) is 13.6. The highest BCUT2D eigenvalue weighted by Crippen LogP contribution is 2.38. The first-order valence-corrected chi connectivity index (χ1v) is 9.83. The molecular formula is C18H19Br3N2O. The number of amides is 1. The van der Waals surface area contributed by atoms with Crippen LogP contribution in [0.2, 0.25) is 0 Å². The zero-order valence-corrected chi connectivity index (χ0v) is 18.4. The molecule has 2 aromatic rings. The van der Waals surface area contributed by atoms with Gasteiger partial charge < -0.3 is 10.6 Å². The zero-order chi connectivity index (χ0) is 17.9. The molecule has 0 saturated heterocycles. The fraction of sp³-hybridized carbons (Fsp3) is 0.278. The predicted octanol–water partition coefficient (Wildman–Crippen LogP) is 5.62. The Bertz CT molecular complexity index is 724. The van der Waals surface area contributed by atoms with Gasteiger partial charge in [-0.15, -0.1) is 0 Å². The maximum Gasteiger partial charge on any atom is 0.252 e. The first-order chi connectivity index (χ1) is 11.2. The molecule has 128 valence electrons. The monoisotopic (exact) mass is 516 g/mol. The summed E-state index contributed by atoms with van der Waals surface area (Å²) in [5, 5.41) is 6.36. The summed E-state index contributed by atoms with van der Waals surface area (Å²) in [6.07, 6.45) is -0.424. The lowest BCUT2D eigenvalue weighted by Crippen LogP contribution is -2.48. The lowest BCUT2D eigenvalue weighted by molar-refractivity contribution is 0.0943. The summed E-state index contributed by atoms with van der Waals surface area (Å²) in [4.78, 5) is 12.5. The van der Waals surface area contributed by atoms with Crippen molar-refractivity contribution in [3.8, 4) is 0 Å². The van der Waals surface area contributed by atoms with Gasteiger partial charge in [-0.3, -0.25) is 4.79 Å². The molecule has 0 heterocycles. The van der Waals surface area contributed by atoms with Crippen molar-refractivity contribution in [2.75, 3.05) is 5.32 Å². The van der Waals surface area contributed by atoms with Crippen LogP contribution in [0, 0.1) is 20.8 Å². The Morgan fingerprint density at radius 3 is 2.12 bits per heavy atom. The molecular weight excluding hydrogens is 500 g/mol. The molecule has 2 aromatic carbocycles. The van der Waals surface area contributed by atoms with Crippen LogP contribution in [0.25, 0.3) is 0 Å². The summed E-state index contributed by atoms with van der Waals surface area (Å²) in [7, 11) is 0. The number of carbonyl (C=O) groups excluding carboxylic acids is 1. The standard InChI is InChI=1S/C18H19Br3N2O/c1-11-5-8-14(9-6-11)16(24)23-17(18(19,20)21)22-15-10-12(2)4-7-13(15)3/h4-10,17,22H,1-3H3,(H,23,24)/t17-/m0/s1. The van der Waals surface area contributed by atoms with Gasteiger partial charge in [0, 0.05) is 11.3 Å². The summed E-state index contributed by atoms with van der Waals surface area (Å²) in [5.74, 6) is -0.152. The predicted molar refractivity (Wildman–Crippen MR) is 111 cm³/mol. The lowest BCUT2D eigenvalue weighted by Gasteiger charge is -2.29. The van der Waals surface area contributed by atoms with Gasteiger partial charge in [-0.05, 0) is 50.1 Å². The summed E-state index contributed by atoms with van der Waals surface area (Å²) in [6.45, 7) is 6.06. The van der Waals surface area contributed by atoms with Crippen LogP contribution in [0.15, 0.2) is 42.5 Å². The van der Waals surface area contributed by atoms with Gasteiger partial charge in [-0.25, -0.2) is 0 Å². The molecule has 3 nitrogen and oxygen atoms in total. The summed E-state index contributed by atoms with van der Waals surface area (Å²) >= 11 is 10.5. The van der Waals surface area contributed by atoms with E-state index in [1.165, 1.54) is 0 Å². The van der Waals surface area contributed by atoms with Gasteiger partial charge in [0.1, 0.15) is 6.17 Å². The molecule has 0 unspecified atom stereocenters. The van der Waals surface area contributed by atoms with Crippen LogP contribution in [-0.4, -0.2) is 14.2 Å². The molecule has 1 atom stereocenters. The van der Waals surface area contributed by atoms with Crippen molar-refractivity contribution in [2.45, 2.75) is 29.1 Å². The van der Waals surface area contributed by atoms with Crippen LogP contribution < -0.4 is 10.6 Å². The fourth-order valence-electron chi connectivity index (χ4n) is 2.17. The highest BCUT2D eigenvalue weighted by Gasteiger charge is 2.32. The molecule has 0 aliphatic heterocycles. The average molecular weight is 519 g/mol. The number of alkyl halides is 3. The van der Waals surface area contributed by atoms with Crippen LogP contribution in [0.5, 0.6) is 0 Å². The van der Waals surface area contributed by atoms with Gasteiger partial charge >= 0.3 is 0 Å². The molecule has 0 spiro atoms. The molecule has 0 saturated carbocycles. The second-order valence-corrected chi connectivity index (χ2v) is 12.7. The number of anilines is 1. The molecule has 0 aliphatic rings. The van der Waals surface area contributed by atoms with Crippen molar-refractivity contribution in [2.24, 2.45) is 0 Å². The topological polar surface area (TPSA) is 41.1 Å². The Labute approximate surface area is 168 Å². The molecule has 2 rings (SSSR count). The highest BCUT2D eigenvalue weighted by molar-refractivity contribution is 9.39. The van der Waals surface area contributed by atoms with Crippen molar-refractivity contribution >= 4 is 59.4 Å². The number of halogens is 3. The van der Waals surface area contributed by atoms with Crippen molar-refractivity contribution in [3.05, 3.63) is 64.7 Å². The van der Waals surface area contributed by atoms with Crippen LogP contribution in [0.3, 0.4) is 0 Å².